The molecule has 1 unspecified atom stereocenters. The summed E-state index contributed by atoms with van der Waals surface area (Å²) in [7, 11) is -1.65. The Hall–Kier alpha value is -1.51. The lowest BCUT2D eigenvalue weighted by Gasteiger charge is -2.23. The fourth-order valence-corrected chi connectivity index (χ4v) is 6.28. The third kappa shape index (κ3) is 3.18. The molecule has 1 N–H and O–H groups in total. The van der Waals surface area contributed by atoms with Crippen LogP contribution in [0.25, 0.3) is 10.1 Å². The Kier molecular flexibility index (Phi) is 4.39. The second-order valence-electron chi connectivity index (χ2n) is 6.31. The van der Waals surface area contributed by atoms with Crippen LogP contribution in [0, 0.1) is 5.82 Å². The molecule has 130 valence electrons. The molecule has 1 saturated heterocycles. The molecule has 8 heteroatoms. The van der Waals surface area contributed by atoms with Crippen LogP contribution in [0.1, 0.15) is 28.6 Å². The largest absolute Gasteiger partial charge is 0.380 e. The van der Waals surface area contributed by atoms with E-state index in [9.17, 15) is 17.6 Å². The summed E-state index contributed by atoms with van der Waals surface area (Å²) in [5.41, 5.74) is -0.299. The number of hydrogen-bond acceptors (Lipinski definition) is 5. The van der Waals surface area contributed by atoms with Crippen LogP contribution in [0.2, 0.25) is 0 Å². The van der Waals surface area contributed by atoms with Crippen molar-refractivity contribution in [3.05, 3.63) is 34.5 Å². The lowest BCUT2D eigenvalue weighted by atomic mass is 10.0. The third-order valence-corrected chi connectivity index (χ3v) is 7.28. The first-order valence-corrected chi connectivity index (χ1v) is 10.1. The average molecular weight is 371 g/mol. The second kappa shape index (κ2) is 6.09. The first-order valence-electron chi connectivity index (χ1n) is 7.46. The fraction of sp³-hybridized carbons (Fsp3) is 0.438. The van der Waals surface area contributed by atoms with Crippen molar-refractivity contribution in [2.24, 2.45) is 0 Å². The molecule has 1 aliphatic heterocycles. The zero-order valence-corrected chi connectivity index (χ0v) is 15.0. The Balaban J connectivity index is 1.98. The number of nitrogens with one attached hydrogen (secondary N) is 1. The van der Waals surface area contributed by atoms with Crippen molar-refractivity contribution >= 4 is 37.2 Å². The number of ether oxygens (including phenoxy) is 1. The Bertz CT molecular complexity index is 906. The fourth-order valence-electron chi connectivity index (χ4n) is 3.07. The van der Waals surface area contributed by atoms with E-state index < -0.39 is 21.2 Å². The molecule has 0 bridgehead atoms. The van der Waals surface area contributed by atoms with Crippen molar-refractivity contribution in [3.8, 4) is 0 Å². The van der Waals surface area contributed by atoms with Gasteiger partial charge >= 0.3 is 0 Å². The van der Waals surface area contributed by atoms with Gasteiger partial charge in [-0.2, -0.15) is 0 Å². The molecule has 1 fully saturated rings. The van der Waals surface area contributed by atoms with Gasteiger partial charge in [-0.05, 0) is 25.5 Å². The van der Waals surface area contributed by atoms with E-state index in [2.05, 4.69) is 5.32 Å². The summed E-state index contributed by atoms with van der Waals surface area (Å²) in [4.78, 5) is 13.1. The molecule has 1 aromatic carbocycles. The lowest BCUT2D eigenvalue weighted by Crippen LogP contribution is -2.46. The van der Waals surface area contributed by atoms with Gasteiger partial charge in [-0.25, -0.2) is 12.8 Å². The van der Waals surface area contributed by atoms with Gasteiger partial charge in [0.2, 0.25) is 0 Å². The lowest BCUT2D eigenvalue weighted by molar-refractivity contribution is 0.0915. The van der Waals surface area contributed by atoms with Crippen LogP contribution >= 0.6 is 11.3 Å². The minimum atomic E-state index is -3.13. The Morgan fingerprint density at radius 1 is 1.46 bits per heavy atom. The number of halogens is 1. The average Bonchev–Trinajstić information content (AvgIpc) is 2.98. The predicted octanol–water partition coefficient (Wildman–Crippen LogP) is 2.49. The van der Waals surface area contributed by atoms with Crippen molar-refractivity contribution in [3.63, 3.8) is 0 Å². The van der Waals surface area contributed by atoms with Crippen molar-refractivity contribution in [2.45, 2.75) is 25.5 Å². The zero-order valence-electron chi connectivity index (χ0n) is 13.4. The van der Waals surface area contributed by atoms with Gasteiger partial charge in [0.05, 0.1) is 28.5 Å². The molecule has 0 saturated carbocycles. The number of thiophene rings is 1. The van der Waals surface area contributed by atoms with E-state index in [4.69, 9.17) is 4.74 Å². The Morgan fingerprint density at radius 3 is 2.83 bits per heavy atom. The van der Waals surface area contributed by atoms with Crippen LogP contribution in [0.4, 0.5) is 4.39 Å². The highest BCUT2D eigenvalue weighted by molar-refractivity contribution is 7.91. The highest BCUT2D eigenvalue weighted by Crippen LogP contribution is 2.34. The van der Waals surface area contributed by atoms with E-state index in [1.165, 1.54) is 24.5 Å². The van der Waals surface area contributed by atoms with Gasteiger partial charge in [0.15, 0.2) is 9.84 Å². The van der Waals surface area contributed by atoms with E-state index in [-0.39, 0.29) is 24.0 Å². The molecule has 1 atom stereocenters. The normalized spacial score (nSPS) is 22.8. The molecular formula is C16H18FNO4S2. The molecule has 1 aliphatic rings. The molecule has 1 amide bonds. The van der Waals surface area contributed by atoms with E-state index in [1.807, 2.05) is 0 Å². The number of carbonyl (C=O) groups excluding carboxylic acids is 1. The van der Waals surface area contributed by atoms with Crippen LogP contribution in [0.3, 0.4) is 0 Å². The van der Waals surface area contributed by atoms with E-state index >= 15 is 0 Å². The number of methoxy groups -OCH3 is 1. The molecule has 0 aliphatic carbocycles. The number of carbonyl (C=O) groups is 1. The van der Waals surface area contributed by atoms with Gasteiger partial charge in [-0.15, -0.1) is 11.3 Å². The van der Waals surface area contributed by atoms with Gasteiger partial charge in [0, 0.05) is 22.8 Å². The maximum atomic E-state index is 14.2. The third-order valence-electron chi connectivity index (χ3n) is 4.18. The van der Waals surface area contributed by atoms with Crippen LogP contribution in [0.15, 0.2) is 18.2 Å². The molecule has 0 spiro atoms. The summed E-state index contributed by atoms with van der Waals surface area (Å²) in [6, 6.07) is 4.69. The van der Waals surface area contributed by atoms with Crippen LogP contribution in [0.5, 0.6) is 0 Å². The minimum absolute atomic E-state index is 0.0652. The standard InChI is InChI=1S/C16H18FNO4S2/c1-16(6-7-24(20,21)9-16)18-15(19)14-10(8-22-2)13-11(17)4-3-5-12(13)23-14/h3-5H,6-9H2,1-2H3,(H,18,19). The summed E-state index contributed by atoms with van der Waals surface area (Å²) in [6.07, 6.45) is 0.375. The minimum Gasteiger partial charge on any atom is -0.380 e. The molecule has 3 rings (SSSR count). The van der Waals surface area contributed by atoms with Crippen molar-refractivity contribution < 1.29 is 22.3 Å². The van der Waals surface area contributed by atoms with Crippen LogP contribution in [-0.4, -0.2) is 38.5 Å². The summed E-state index contributed by atoms with van der Waals surface area (Å²) < 4.78 is 43.4. The van der Waals surface area contributed by atoms with Crippen molar-refractivity contribution in [2.75, 3.05) is 18.6 Å². The Morgan fingerprint density at radius 2 is 2.21 bits per heavy atom. The molecule has 2 heterocycles. The van der Waals surface area contributed by atoms with Crippen LogP contribution in [-0.2, 0) is 21.2 Å². The smallest absolute Gasteiger partial charge is 0.262 e. The van der Waals surface area contributed by atoms with Crippen LogP contribution < -0.4 is 5.32 Å². The summed E-state index contributed by atoms with van der Waals surface area (Å²) >= 11 is 1.19. The number of sulfone groups is 1. The molecule has 24 heavy (non-hydrogen) atoms. The number of fused-ring (bicyclic) bond motifs is 1. The Labute approximate surface area is 143 Å². The first-order chi connectivity index (χ1) is 11.2. The van der Waals surface area contributed by atoms with E-state index in [0.717, 1.165) is 0 Å². The van der Waals surface area contributed by atoms with E-state index in [0.29, 0.717) is 26.9 Å². The quantitative estimate of drug-likeness (QED) is 0.896. The van der Waals surface area contributed by atoms with Gasteiger partial charge in [0.1, 0.15) is 5.82 Å². The maximum absolute atomic E-state index is 14.2. The van der Waals surface area contributed by atoms with Gasteiger partial charge in [0.25, 0.3) is 5.91 Å². The van der Waals surface area contributed by atoms with Gasteiger partial charge < -0.3 is 10.1 Å². The molecule has 5 nitrogen and oxygen atoms in total. The van der Waals surface area contributed by atoms with Gasteiger partial charge in [-0.1, -0.05) is 6.07 Å². The number of rotatable bonds is 4. The SMILES string of the molecule is COCc1c(C(=O)NC2(C)CCS(=O)(=O)C2)sc2cccc(F)c12. The number of hydrogen-bond donors (Lipinski definition) is 1. The summed E-state index contributed by atoms with van der Waals surface area (Å²) in [5, 5.41) is 3.21. The van der Waals surface area contributed by atoms with Crippen molar-refractivity contribution in [1.29, 1.82) is 0 Å². The first kappa shape index (κ1) is 17.3. The molecule has 2 aromatic rings. The molecule has 1 aromatic heterocycles. The monoisotopic (exact) mass is 371 g/mol. The summed E-state index contributed by atoms with van der Waals surface area (Å²) in [5.74, 6) is -0.799. The zero-order chi connectivity index (χ0) is 17.5. The maximum Gasteiger partial charge on any atom is 0.262 e. The predicted molar refractivity (Wildman–Crippen MR) is 91.6 cm³/mol. The highest BCUT2D eigenvalue weighted by Gasteiger charge is 2.40. The highest BCUT2D eigenvalue weighted by atomic mass is 32.2. The molecular weight excluding hydrogens is 353 g/mol. The second-order valence-corrected chi connectivity index (χ2v) is 9.55. The number of amides is 1. The van der Waals surface area contributed by atoms with E-state index in [1.54, 1.807) is 19.1 Å². The number of benzene rings is 1. The molecule has 0 radical (unpaired) electrons. The topological polar surface area (TPSA) is 72.5 Å². The summed E-state index contributed by atoms with van der Waals surface area (Å²) in [6.45, 7) is 1.83. The van der Waals surface area contributed by atoms with Gasteiger partial charge in [-0.3, -0.25) is 4.79 Å². The van der Waals surface area contributed by atoms with Crippen molar-refractivity contribution in [1.82, 2.24) is 5.32 Å².